The largest absolute Gasteiger partial charge is 0.308 e. The molecule has 7 heteroatoms. The topological polar surface area (TPSA) is 63.8 Å². The molecule has 0 aromatic carbocycles. The van der Waals surface area contributed by atoms with Crippen LogP contribution in [-0.4, -0.2) is 9.97 Å². The summed E-state index contributed by atoms with van der Waals surface area (Å²) in [6, 6.07) is 1.99. The van der Waals surface area contributed by atoms with Gasteiger partial charge in [0.1, 0.15) is 5.82 Å². The van der Waals surface area contributed by atoms with Crippen LogP contribution in [0.25, 0.3) is 10.7 Å². The highest BCUT2D eigenvalue weighted by Crippen LogP contribution is 2.37. The lowest BCUT2D eigenvalue weighted by molar-refractivity contribution is 1.06. The maximum absolute atomic E-state index is 5.45. The molecule has 2 rings (SSSR count). The maximum atomic E-state index is 5.45. The molecule has 90 valence electrons. The molecule has 17 heavy (non-hydrogen) atoms. The predicted octanol–water partition coefficient (Wildman–Crippen LogP) is 3.63. The second kappa shape index (κ2) is 5.01. The Morgan fingerprint density at radius 3 is 2.53 bits per heavy atom. The van der Waals surface area contributed by atoms with Crippen LogP contribution < -0.4 is 11.3 Å². The zero-order chi connectivity index (χ0) is 12.6. The summed E-state index contributed by atoms with van der Waals surface area (Å²) < 4.78 is 2.03. The number of aromatic nitrogens is 2. The van der Waals surface area contributed by atoms with Crippen LogP contribution in [0.15, 0.2) is 14.3 Å². The van der Waals surface area contributed by atoms with Crippen molar-refractivity contribution in [2.75, 3.05) is 5.43 Å². The molecule has 0 unspecified atom stereocenters. The Morgan fingerprint density at radius 2 is 2.00 bits per heavy atom. The zero-order valence-corrected chi connectivity index (χ0v) is 13.2. The Hall–Kier alpha value is -0.500. The Morgan fingerprint density at radius 1 is 1.29 bits per heavy atom. The van der Waals surface area contributed by atoms with Crippen LogP contribution in [-0.2, 0) is 0 Å². The molecule has 2 heterocycles. The Bertz CT molecular complexity index is 548. The van der Waals surface area contributed by atoms with E-state index in [9.17, 15) is 0 Å². The summed E-state index contributed by atoms with van der Waals surface area (Å²) in [5.41, 5.74) is 4.48. The van der Waals surface area contributed by atoms with Crippen molar-refractivity contribution in [3.8, 4) is 10.7 Å². The molecule has 2 aromatic heterocycles. The normalized spacial score (nSPS) is 10.6. The van der Waals surface area contributed by atoms with E-state index < -0.39 is 0 Å². The summed E-state index contributed by atoms with van der Waals surface area (Å²) in [4.78, 5) is 9.86. The number of hydrogen-bond donors (Lipinski definition) is 2. The molecular weight excluding hydrogens is 368 g/mol. The van der Waals surface area contributed by atoms with Gasteiger partial charge in [0, 0.05) is 15.7 Å². The number of nitrogens with zero attached hydrogens (tertiary/aromatic N) is 2. The number of hydrogen-bond acceptors (Lipinski definition) is 5. The van der Waals surface area contributed by atoms with Gasteiger partial charge in [0.05, 0.1) is 8.66 Å². The molecule has 0 bridgehead atoms. The highest BCUT2D eigenvalue weighted by Gasteiger charge is 2.12. The van der Waals surface area contributed by atoms with Gasteiger partial charge in [-0.25, -0.2) is 15.8 Å². The lowest BCUT2D eigenvalue weighted by Crippen LogP contribution is -2.12. The predicted molar refractivity (Wildman–Crippen MR) is 78.0 cm³/mol. The molecule has 0 fully saturated rings. The van der Waals surface area contributed by atoms with Gasteiger partial charge in [0.2, 0.25) is 0 Å². The first kappa shape index (κ1) is 12.9. The molecule has 0 spiro atoms. The molecule has 0 saturated carbocycles. The van der Waals surface area contributed by atoms with E-state index in [0.717, 1.165) is 24.4 Å². The van der Waals surface area contributed by atoms with Gasteiger partial charge in [-0.15, -0.1) is 11.3 Å². The number of halogens is 2. The van der Waals surface area contributed by atoms with Gasteiger partial charge in [-0.3, -0.25) is 0 Å². The molecule has 0 radical (unpaired) electrons. The second-order valence-corrected chi connectivity index (χ2v) is 6.71. The molecule has 0 aliphatic carbocycles. The molecule has 0 aliphatic rings. The van der Waals surface area contributed by atoms with Crippen molar-refractivity contribution in [3.63, 3.8) is 0 Å². The van der Waals surface area contributed by atoms with E-state index in [0.29, 0.717) is 11.6 Å². The van der Waals surface area contributed by atoms with Crippen molar-refractivity contribution >= 4 is 49.0 Å². The molecule has 4 nitrogen and oxygen atoms in total. The lowest BCUT2D eigenvalue weighted by Gasteiger charge is -2.08. The number of hydrazine groups is 1. The third-order valence-electron chi connectivity index (χ3n) is 2.39. The number of nitrogens with one attached hydrogen (secondary N) is 1. The van der Waals surface area contributed by atoms with Crippen LogP contribution in [0.5, 0.6) is 0 Å². The summed E-state index contributed by atoms with van der Waals surface area (Å²) >= 11 is 8.48. The van der Waals surface area contributed by atoms with Gasteiger partial charge in [-0.1, -0.05) is 0 Å². The lowest BCUT2D eigenvalue weighted by atomic mass is 10.2. The molecule has 0 amide bonds. The van der Waals surface area contributed by atoms with E-state index in [1.807, 2.05) is 19.9 Å². The average Bonchev–Trinajstić information content (AvgIpc) is 2.63. The van der Waals surface area contributed by atoms with E-state index in [1.165, 1.54) is 0 Å². The fraction of sp³-hybridized carbons (Fsp3) is 0.200. The third-order valence-corrected chi connectivity index (χ3v) is 5.64. The minimum Gasteiger partial charge on any atom is -0.308 e. The van der Waals surface area contributed by atoms with E-state index in [4.69, 9.17) is 5.84 Å². The van der Waals surface area contributed by atoms with Crippen LogP contribution in [0.3, 0.4) is 0 Å². The van der Waals surface area contributed by atoms with Crippen molar-refractivity contribution in [1.82, 2.24) is 9.97 Å². The van der Waals surface area contributed by atoms with Gasteiger partial charge in [0.25, 0.3) is 0 Å². The first-order valence-electron chi connectivity index (χ1n) is 4.80. The highest BCUT2D eigenvalue weighted by molar-refractivity contribution is 9.13. The van der Waals surface area contributed by atoms with E-state index >= 15 is 0 Å². The van der Waals surface area contributed by atoms with Crippen LogP contribution >= 0.6 is 43.2 Å². The summed E-state index contributed by atoms with van der Waals surface area (Å²) in [5, 5.41) is 0. The fourth-order valence-corrected chi connectivity index (χ4v) is 3.31. The number of anilines is 1. The quantitative estimate of drug-likeness (QED) is 0.619. The SMILES string of the molecule is Cc1nc(-c2cc(Br)c(Br)s2)nc(NN)c1C. The van der Waals surface area contributed by atoms with Gasteiger partial charge >= 0.3 is 0 Å². The van der Waals surface area contributed by atoms with Gasteiger partial charge in [-0.05, 0) is 51.8 Å². The second-order valence-electron chi connectivity index (χ2n) is 3.48. The Balaban J connectivity index is 2.56. The van der Waals surface area contributed by atoms with Crippen molar-refractivity contribution in [2.45, 2.75) is 13.8 Å². The van der Waals surface area contributed by atoms with Crippen molar-refractivity contribution in [2.24, 2.45) is 5.84 Å². The van der Waals surface area contributed by atoms with Gasteiger partial charge in [-0.2, -0.15) is 0 Å². The van der Waals surface area contributed by atoms with E-state index in [2.05, 4.69) is 47.3 Å². The summed E-state index contributed by atoms with van der Waals surface area (Å²) in [6.07, 6.45) is 0. The summed E-state index contributed by atoms with van der Waals surface area (Å²) in [7, 11) is 0. The number of nitrogens with two attached hydrogens (primary N) is 1. The Kier molecular flexibility index (Phi) is 3.82. The van der Waals surface area contributed by atoms with Gasteiger partial charge < -0.3 is 5.43 Å². The smallest absolute Gasteiger partial charge is 0.172 e. The first-order valence-corrected chi connectivity index (χ1v) is 7.20. The standard InChI is InChI=1S/C10H10Br2N4S/c1-4-5(2)14-10(15-9(4)16-13)7-3-6(11)8(12)17-7/h3H,13H2,1-2H3,(H,14,15,16). The van der Waals surface area contributed by atoms with Crippen molar-refractivity contribution in [1.29, 1.82) is 0 Å². The number of nitrogen functional groups attached to an aromatic ring is 1. The van der Waals surface area contributed by atoms with Crippen molar-refractivity contribution < 1.29 is 0 Å². The van der Waals surface area contributed by atoms with Crippen LogP contribution in [0, 0.1) is 13.8 Å². The monoisotopic (exact) mass is 376 g/mol. The van der Waals surface area contributed by atoms with Crippen LogP contribution in [0.2, 0.25) is 0 Å². The Labute approximate surface area is 120 Å². The minimum atomic E-state index is 0.660. The average molecular weight is 378 g/mol. The number of rotatable bonds is 2. The molecule has 3 N–H and O–H groups in total. The molecule has 0 atom stereocenters. The maximum Gasteiger partial charge on any atom is 0.172 e. The first-order chi connectivity index (χ1) is 8.02. The van der Waals surface area contributed by atoms with Crippen LogP contribution in [0.4, 0.5) is 5.82 Å². The fourth-order valence-electron chi connectivity index (χ4n) is 1.34. The van der Waals surface area contributed by atoms with Crippen molar-refractivity contribution in [3.05, 3.63) is 25.6 Å². The molecule has 2 aromatic rings. The number of thiophene rings is 1. The van der Waals surface area contributed by atoms with Crippen LogP contribution in [0.1, 0.15) is 11.3 Å². The molecular formula is C10H10Br2N4S. The zero-order valence-electron chi connectivity index (χ0n) is 9.21. The highest BCUT2D eigenvalue weighted by atomic mass is 79.9. The summed E-state index contributed by atoms with van der Waals surface area (Å²) in [6.45, 7) is 3.88. The third kappa shape index (κ3) is 2.52. The van der Waals surface area contributed by atoms with E-state index in [-0.39, 0.29) is 0 Å². The number of aryl methyl sites for hydroxylation is 1. The van der Waals surface area contributed by atoms with Gasteiger partial charge in [0.15, 0.2) is 5.82 Å². The minimum absolute atomic E-state index is 0.660. The summed E-state index contributed by atoms with van der Waals surface area (Å²) in [5.74, 6) is 6.78. The molecule has 0 aliphatic heterocycles. The van der Waals surface area contributed by atoms with E-state index in [1.54, 1.807) is 11.3 Å². The molecule has 0 saturated heterocycles.